The van der Waals surface area contributed by atoms with Gasteiger partial charge >= 0.3 is 0 Å². The summed E-state index contributed by atoms with van der Waals surface area (Å²) in [6.07, 6.45) is 4.15. The summed E-state index contributed by atoms with van der Waals surface area (Å²) >= 11 is 0. The van der Waals surface area contributed by atoms with Gasteiger partial charge < -0.3 is 11.1 Å². The number of carbonyl (C=O) groups is 2. The van der Waals surface area contributed by atoms with E-state index in [1.54, 1.807) is 0 Å². The maximum absolute atomic E-state index is 11.3. The number of hydrogen-bond acceptors (Lipinski definition) is 4. The molecule has 1 aromatic rings. The summed E-state index contributed by atoms with van der Waals surface area (Å²) in [7, 11) is 0. The van der Waals surface area contributed by atoms with E-state index in [1.807, 2.05) is 0 Å². The van der Waals surface area contributed by atoms with Crippen LogP contribution in [0.4, 0.5) is 0 Å². The van der Waals surface area contributed by atoms with Gasteiger partial charge in [0.1, 0.15) is 11.7 Å². The number of nitrogens with one attached hydrogen (secondary N) is 1. The maximum Gasteiger partial charge on any atom is 0.272 e. The molecule has 0 unspecified atom stereocenters. The number of carbonyl (C=O) groups excluding carboxylic acids is 2. The molecule has 1 heterocycles. The summed E-state index contributed by atoms with van der Waals surface area (Å²) in [5.41, 5.74) is 5.13. The van der Waals surface area contributed by atoms with Crippen molar-refractivity contribution in [1.29, 1.82) is 0 Å². The van der Waals surface area contributed by atoms with E-state index in [2.05, 4.69) is 15.3 Å². The predicted octanol–water partition coefficient (Wildman–Crippen LogP) is -0.920. The lowest BCUT2D eigenvalue weighted by molar-refractivity contribution is -0.119. The van der Waals surface area contributed by atoms with Gasteiger partial charge in [0.2, 0.25) is 5.91 Å². The molecule has 0 saturated carbocycles. The van der Waals surface area contributed by atoms with Crippen molar-refractivity contribution in [2.45, 2.75) is 13.0 Å². The van der Waals surface area contributed by atoms with E-state index in [-0.39, 0.29) is 5.69 Å². The lowest BCUT2D eigenvalue weighted by Crippen LogP contribution is -2.42. The van der Waals surface area contributed by atoms with Crippen LogP contribution in [0.3, 0.4) is 0 Å². The monoisotopic (exact) mass is 194 g/mol. The van der Waals surface area contributed by atoms with Gasteiger partial charge in [0, 0.05) is 12.4 Å². The molecule has 0 aliphatic rings. The summed E-state index contributed by atoms with van der Waals surface area (Å²) in [5.74, 6) is -1.06. The normalized spacial score (nSPS) is 11.8. The molecule has 0 aliphatic carbocycles. The molecule has 1 rings (SSSR count). The highest BCUT2D eigenvalue weighted by molar-refractivity contribution is 5.95. The third kappa shape index (κ3) is 2.51. The lowest BCUT2D eigenvalue weighted by Gasteiger charge is -2.08. The third-order valence-electron chi connectivity index (χ3n) is 1.57. The summed E-state index contributed by atoms with van der Waals surface area (Å²) in [4.78, 5) is 29.5. The zero-order chi connectivity index (χ0) is 10.6. The SMILES string of the molecule is C[C@@H](NC(=O)c1cnccn1)C(N)=O. The average Bonchev–Trinajstić information content (AvgIpc) is 2.19. The Morgan fingerprint density at radius 2 is 2.21 bits per heavy atom. The Bertz CT molecular complexity index is 338. The van der Waals surface area contributed by atoms with Gasteiger partial charge in [0.15, 0.2) is 0 Å². The first kappa shape index (κ1) is 10.1. The van der Waals surface area contributed by atoms with Crippen molar-refractivity contribution in [2.75, 3.05) is 0 Å². The van der Waals surface area contributed by atoms with Gasteiger partial charge in [-0.1, -0.05) is 0 Å². The third-order valence-corrected chi connectivity index (χ3v) is 1.57. The fraction of sp³-hybridized carbons (Fsp3) is 0.250. The molecule has 2 amide bonds. The van der Waals surface area contributed by atoms with Crippen LogP contribution in [0, 0.1) is 0 Å². The number of aromatic nitrogens is 2. The van der Waals surface area contributed by atoms with Gasteiger partial charge in [-0.05, 0) is 6.92 Å². The molecule has 6 nitrogen and oxygen atoms in total. The highest BCUT2D eigenvalue weighted by Gasteiger charge is 2.14. The molecular formula is C8H10N4O2. The van der Waals surface area contributed by atoms with E-state index in [9.17, 15) is 9.59 Å². The van der Waals surface area contributed by atoms with E-state index in [0.717, 1.165) is 0 Å². The zero-order valence-corrected chi connectivity index (χ0v) is 7.60. The van der Waals surface area contributed by atoms with Crippen molar-refractivity contribution in [2.24, 2.45) is 5.73 Å². The largest absolute Gasteiger partial charge is 0.368 e. The van der Waals surface area contributed by atoms with Crippen LogP contribution in [0.15, 0.2) is 18.6 Å². The fourth-order valence-corrected chi connectivity index (χ4v) is 0.758. The molecule has 0 fully saturated rings. The minimum atomic E-state index is -0.718. The number of amides is 2. The summed E-state index contributed by atoms with van der Waals surface area (Å²) in [5, 5.41) is 2.38. The molecule has 1 aromatic heterocycles. The van der Waals surface area contributed by atoms with Crippen LogP contribution in [0.2, 0.25) is 0 Å². The van der Waals surface area contributed by atoms with Crippen LogP contribution in [0.1, 0.15) is 17.4 Å². The highest BCUT2D eigenvalue weighted by atomic mass is 16.2. The Hall–Kier alpha value is -1.98. The van der Waals surface area contributed by atoms with Crippen molar-refractivity contribution in [3.63, 3.8) is 0 Å². The molecule has 0 aromatic carbocycles. The van der Waals surface area contributed by atoms with Crippen LogP contribution in [-0.2, 0) is 4.79 Å². The Morgan fingerprint density at radius 1 is 1.50 bits per heavy atom. The minimum Gasteiger partial charge on any atom is -0.368 e. The van der Waals surface area contributed by atoms with E-state index in [4.69, 9.17) is 5.73 Å². The van der Waals surface area contributed by atoms with Gasteiger partial charge in [-0.25, -0.2) is 4.98 Å². The van der Waals surface area contributed by atoms with Crippen LogP contribution in [0.25, 0.3) is 0 Å². The fourth-order valence-electron chi connectivity index (χ4n) is 0.758. The molecule has 74 valence electrons. The summed E-state index contributed by atoms with van der Waals surface area (Å²) < 4.78 is 0. The molecule has 0 radical (unpaired) electrons. The molecular weight excluding hydrogens is 184 g/mol. The Labute approximate surface area is 80.5 Å². The van der Waals surface area contributed by atoms with Crippen molar-refractivity contribution in [3.05, 3.63) is 24.3 Å². The van der Waals surface area contributed by atoms with Gasteiger partial charge in [-0.15, -0.1) is 0 Å². The first-order valence-corrected chi connectivity index (χ1v) is 3.97. The van der Waals surface area contributed by atoms with Crippen LogP contribution < -0.4 is 11.1 Å². The quantitative estimate of drug-likeness (QED) is 0.650. The standard InChI is InChI=1S/C8H10N4O2/c1-5(7(9)13)12-8(14)6-4-10-2-3-11-6/h2-5H,1H3,(H2,9,13)(H,12,14)/t5-/m1/s1. The molecule has 6 heteroatoms. The zero-order valence-electron chi connectivity index (χ0n) is 7.60. The number of hydrogen-bond donors (Lipinski definition) is 2. The topological polar surface area (TPSA) is 98.0 Å². The highest BCUT2D eigenvalue weighted by Crippen LogP contribution is 1.91. The van der Waals surface area contributed by atoms with Crippen molar-refractivity contribution < 1.29 is 9.59 Å². The number of primary amides is 1. The number of rotatable bonds is 3. The second-order valence-electron chi connectivity index (χ2n) is 2.69. The van der Waals surface area contributed by atoms with Crippen LogP contribution >= 0.6 is 0 Å². The van der Waals surface area contributed by atoms with E-state index in [1.165, 1.54) is 25.5 Å². The van der Waals surface area contributed by atoms with Crippen LogP contribution in [0.5, 0.6) is 0 Å². The van der Waals surface area contributed by atoms with Crippen molar-refractivity contribution in [3.8, 4) is 0 Å². The van der Waals surface area contributed by atoms with Crippen molar-refractivity contribution >= 4 is 11.8 Å². The molecule has 3 N–H and O–H groups in total. The molecule has 0 saturated heterocycles. The molecule has 0 bridgehead atoms. The second kappa shape index (κ2) is 4.31. The number of nitrogens with two attached hydrogens (primary N) is 1. The first-order valence-electron chi connectivity index (χ1n) is 3.97. The van der Waals surface area contributed by atoms with Gasteiger partial charge in [-0.3, -0.25) is 14.6 Å². The van der Waals surface area contributed by atoms with Crippen LogP contribution in [-0.4, -0.2) is 27.8 Å². The van der Waals surface area contributed by atoms with Gasteiger partial charge in [-0.2, -0.15) is 0 Å². The first-order chi connectivity index (χ1) is 6.61. The second-order valence-corrected chi connectivity index (χ2v) is 2.69. The molecule has 14 heavy (non-hydrogen) atoms. The molecule has 0 aliphatic heterocycles. The average molecular weight is 194 g/mol. The lowest BCUT2D eigenvalue weighted by atomic mass is 10.3. The maximum atomic E-state index is 11.3. The van der Waals surface area contributed by atoms with E-state index in [0.29, 0.717) is 0 Å². The Kier molecular flexibility index (Phi) is 3.11. The summed E-state index contributed by atoms with van der Waals surface area (Å²) in [6.45, 7) is 1.50. The predicted molar refractivity (Wildman–Crippen MR) is 48.2 cm³/mol. The number of nitrogens with zero attached hydrogens (tertiary/aromatic N) is 2. The minimum absolute atomic E-state index is 0.153. The summed E-state index contributed by atoms with van der Waals surface area (Å²) in [6, 6.07) is -0.718. The van der Waals surface area contributed by atoms with Gasteiger partial charge in [0.05, 0.1) is 6.20 Å². The Morgan fingerprint density at radius 3 is 2.71 bits per heavy atom. The Balaban J connectivity index is 2.64. The van der Waals surface area contributed by atoms with E-state index >= 15 is 0 Å². The molecule has 1 atom stereocenters. The molecule has 0 spiro atoms. The van der Waals surface area contributed by atoms with Crippen molar-refractivity contribution in [1.82, 2.24) is 15.3 Å². The van der Waals surface area contributed by atoms with E-state index < -0.39 is 17.9 Å². The smallest absolute Gasteiger partial charge is 0.272 e. The van der Waals surface area contributed by atoms with Gasteiger partial charge in [0.25, 0.3) is 5.91 Å².